The van der Waals surface area contributed by atoms with E-state index in [9.17, 15) is 22.8 Å². The molecule has 2 aromatic rings. The van der Waals surface area contributed by atoms with Gasteiger partial charge in [-0.1, -0.05) is 13.3 Å². The normalized spacial score (nSPS) is 11.1. The maximum absolute atomic E-state index is 13.0. The van der Waals surface area contributed by atoms with Crippen molar-refractivity contribution in [3.05, 3.63) is 59.4 Å². The Morgan fingerprint density at radius 3 is 2.22 bits per heavy atom. The summed E-state index contributed by atoms with van der Waals surface area (Å²) in [6.07, 6.45) is 2.96. The van der Waals surface area contributed by atoms with Crippen molar-refractivity contribution < 1.29 is 27.5 Å². The van der Waals surface area contributed by atoms with Gasteiger partial charge >= 0.3 is 0 Å². The van der Waals surface area contributed by atoms with Crippen LogP contribution in [0.4, 0.5) is 0 Å². The van der Waals surface area contributed by atoms with Gasteiger partial charge in [0.1, 0.15) is 0 Å². The molecule has 1 aromatic carbocycles. The summed E-state index contributed by atoms with van der Waals surface area (Å²) in [7, 11) is -4.49. The van der Waals surface area contributed by atoms with Gasteiger partial charge in [0.15, 0.2) is 0 Å². The largest absolute Gasteiger partial charge is 0.375 e. The number of aromatic nitrogens is 1. The molecule has 1 aromatic heterocycles. The van der Waals surface area contributed by atoms with Gasteiger partial charge in [-0.15, -0.1) is 0 Å². The van der Waals surface area contributed by atoms with Crippen molar-refractivity contribution in [3.8, 4) is 0 Å². The van der Waals surface area contributed by atoms with E-state index in [1.54, 1.807) is 0 Å². The zero-order chi connectivity index (χ0) is 23.7. The van der Waals surface area contributed by atoms with Gasteiger partial charge in [0.05, 0.1) is 22.8 Å². The van der Waals surface area contributed by atoms with Crippen LogP contribution in [0.25, 0.3) is 0 Å². The minimum absolute atomic E-state index is 0.0593. The van der Waals surface area contributed by atoms with Crippen LogP contribution >= 0.6 is 0 Å². The number of carbonyl (C=O) groups excluding carboxylic acids is 3. The molecule has 3 amide bonds. The lowest BCUT2D eigenvalue weighted by molar-refractivity contribution is -0.122. The van der Waals surface area contributed by atoms with Crippen LogP contribution in [0.5, 0.6) is 0 Å². The molecular weight excluding hydrogens is 434 g/mol. The standard InChI is InChI=1S/C22H27N3O6S/c1-4-6-13-23-21(27)17-8-11-20(12-9-17)32(29,30)25(16(3)26)22(28)18-7-10-19(24-14-18)15-31-5-2/h7-12,14H,4-6,13,15H2,1-3H3,(H,23,27). The molecule has 0 unspecified atom stereocenters. The molecule has 10 heteroatoms. The summed E-state index contributed by atoms with van der Waals surface area (Å²) in [4.78, 5) is 40.9. The highest BCUT2D eigenvalue weighted by Crippen LogP contribution is 2.20. The molecule has 0 aliphatic heterocycles. The molecule has 0 aliphatic rings. The Balaban J connectivity index is 2.25. The number of hydrogen-bond donors (Lipinski definition) is 1. The van der Waals surface area contributed by atoms with Gasteiger partial charge in [0, 0.05) is 31.8 Å². The Labute approximate surface area is 187 Å². The second-order valence-corrected chi connectivity index (χ2v) is 8.69. The molecule has 1 N–H and O–H groups in total. The van der Waals surface area contributed by atoms with Crippen molar-refractivity contribution in [1.82, 2.24) is 14.6 Å². The first-order chi connectivity index (χ1) is 15.2. The van der Waals surface area contributed by atoms with E-state index in [-0.39, 0.29) is 32.8 Å². The number of pyridine rings is 1. The zero-order valence-corrected chi connectivity index (χ0v) is 19.1. The number of rotatable bonds is 10. The van der Waals surface area contributed by atoms with Crippen molar-refractivity contribution in [2.24, 2.45) is 0 Å². The summed E-state index contributed by atoms with van der Waals surface area (Å²) >= 11 is 0. The smallest absolute Gasteiger partial charge is 0.276 e. The first-order valence-electron chi connectivity index (χ1n) is 10.2. The van der Waals surface area contributed by atoms with Crippen molar-refractivity contribution in [3.63, 3.8) is 0 Å². The Bertz CT molecular complexity index is 1050. The fourth-order valence-electron chi connectivity index (χ4n) is 2.75. The van der Waals surface area contributed by atoms with E-state index in [1.165, 1.54) is 42.6 Å². The summed E-state index contributed by atoms with van der Waals surface area (Å²) in [5.74, 6) is -2.32. The quantitative estimate of drug-likeness (QED) is 0.539. The molecule has 0 saturated carbocycles. The van der Waals surface area contributed by atoms with Gasteiger partial charge in [-0.2, -0.15) is 4.31 Å². The van der Waals surface area contributed by atoms with E-state index < -0.39 is 21.8 Å². The van der Waals surface area contributed by atoms with Crippen molar-refractivity contribution in [2.75, 3.05) is 13.2 Å². The van der Waals surface area contributed by atoms with Crippen LogP contribution < -0.4 is 5.32 Å². The molecular formula is C22H27N3O6S. The van der Waals surface area contributed by atoms with Gasteiger partial charge in [0.2, 0.25) is 5.91 Å². The number of ether oxygens (including phenoxy) is 1. The van der Waals surface area contributed by atoms with E-state index in [0.29, 0.717) is 18.8 Å². The summed E-state index contributed by atoms with van der Waals surface area (Å²) in [6, 6.07) is 7.97. The predicted molar refractivity (Wildman–Crippen MR) is 117 cm³/mol. The average molecular weight is 462 g/mol. The van der Waals surface area contributed by atoms with Crippen LogP contribution in [-0.2, 0) is 26.2 Å². The third kappa shape index (κ3) is 6.21. The number of hydrogen-bond acceptors (Lipinski definition) is 7. The van der Waals surface area contributed by atoms with E-state index in [4.69, 9.17) is 4.74 Å². The van der Waals surface area contributed by atoms with Crippen molar-refractivity contribution >= 4 is 27.7 Å². The lowest BCUT2D eigenvalue weighted by atomic mass is 10.2. The van der Waals surface area contributed by atoms with Gasteiger partial charge in [-0.3, -0.25) is 19.4 Å². The number of sulfonamides is 1. The lowest BCUT2D eigenvalue weighted by Gasteiger charge is -2.19. The van der Waals surface area contributed by atoms with Crippen LogP contribution in [-0.4, -0.2) is 48.6 Å². The first kappa shape index (κ1) is 25.2. The molecule has 32 heavy (non-hydrogen) atoms. The van der Waals surface area contributed by atoms with Crippen LogP contribution in [0.3, 0.4) is 0 Å². The van der Waals surface area contributed by atoms with Crippen molar-refractivity contribution in [2.45, 2.75) is 45.1 Å². The minimum Gasteiger partial charge on any atom is -0.375 e. The summed E-state index contributed by atoms with van der Waals surface area (Å²) < 4.78 is 31.5. The topological polar surface area (TPSA) is 123 Å². The number of unbranched alkanes of at least 4 members (excludes halogenated alkanes) is 1. The summed E-state index contributed by atoms with van der Waals surface area (Å²) in [5, 5.41) is 2.73. The fraction of sp³-hybridized carbons (Fsp3) is 0.364. The third-order valence-corrected chi connectivity index (χ3v) is 6.24. The Morgan fingerprint density at radius 1 is 1.03 bits per heavy atom. The molecule has 2 rings (SSSR count). The van der Waals surface area contributed by atoms with Gasteiger partial charge in [-0.05, 0) is 49.7 Å². The maximum Gasteiger partial charge on any atom is 0.276 e. The molecule has 0 radical (unpaired) electrons. The van der Waals surface area contributed by atoms with Crippen LogP contribution in [0.1, 0.15) is 60.0 Å². The molecule has 0 saturated heterocycles. The Morgan fingerprint density at radius 2 is 1.69 bits per heavy atom. The molecule has 9 nitrogen and oxygen atoms in total. The molecule has 0 spiro atoms. The predicted octanol–water partition coefficient (Wildman–Crippen LogP) is 2.53. The number of amides is 3. The van der Waals surface area contributed by atoms with Crippen LogP contribution in [0.15, 0.2) is 47.5 Å². The number of nitrogens with zero attached hydrogens (tertiary/aromatic N) is 2. The third-order valence-electron chi connectivity index (χ3n) is 4.47. The summed E-state index contributed by atoms with van der Waals surface area (Å²) in [5.41, 5.74) is 0.777. The molecule has 1 heterocycles. The number of carbonyl (C=O) groups is 3. The van der Waals surface area contributed by atoms with E-state index in [2.05, 4.69) is 10.3 Å². The second-order valence-electron chi connectivity index (χ2n) is 6.90. The highest BCUT2D eigenvalue weighted by Gasteiger charge is 2.34. The highest BCUT2D eigenvalue weighted by molar-refractivity contribution is 7.90. The van der Waals surface area contributed by atoms with Gasteiger partial charge in [-0.25, -0.2) is 8.42 Å². The monoisotopic (exact) mass is 461 g/mol. The highest BCUT2D eigenvalue weighted by atomic mass is 32.2. The summed E-state index contributed by atoms with van der Waals surface area (Å²) in [6.45, 7) is 6.08. The number of imide groups is 1. The van der Waals surface area contributed by atoms with Crippen LogP contribution in [0.2, 0.25) is 0 Å². The first-order valence-corrected chi connectivity index (χ1v) is 11.7. The fourth-order valence-corrected chi connectivity index (χ4v) is 4.10. The van der Waals surface area contributed by atoms with Gasteiger partial charge in [0.25, 0.3) is 21.8 Å². The molecule has 0 atom stereocenters. The molecule has 0 aliphatic carbocycles. The van der Waals surface area contributed by atoms with E-state index in [1.807, 2.05) is 13.8 Å². The average Bonchev–Trinajstić information content (AvgIpc) is 2.77. The Hall–Kier alpha value is -3.11. The molecule has 0 fully saturated rings. The number of benzene rings is 1. The van der Waals surface area contributed by atoms with Crippen molar-refractivity contribution in [1.29, 1.82) is 0 Å². The van der Waals surface area contributed by atoms with E-state index in [0.717, 1.165) is 19.8 Å². The Kier molecular flexibility index (Phi) is 9.03. The van der Waals surface area contributed by atoms with E-state index >= 15 is 0 Å². The molecule has 0 bridgehead atoms. The zero-order valence-electron chi connectivity index (χ0n) is 18.3. The minimum atomic E-state index is -4.49. The van der Waals surface area contributed by atoms with Gasteiger partial charge < -0.3 is 10.1 Å². The lowest BCUT2D eigenvalue weighted by Crippen LogP contribution is -2.40. The SMILES string of the molecule is CCCCNC(=O)c1ccc(S(=O)(=O)N(C(C)=O)C(=O)c2ccc(COCC)nc2)cc1. The maximum atomic E-state index is 13.0. The number of nitrogens with one attached hydrogen (secondary N) is 1. The molecule has 172 valence electrons. The van der Waals surface area contributed by atoms with Crippen LogP contribution in [0, 0.1) is 0 Å². The second kappa shape index (κ2) is 11.5.